The monoisotopic (exact) mass is 396 g/mol. The minimum Gasteiger partial charge on any atom is -0.497 e. The molecule has 146 valence electrons. The summed E-state index contributed by atoms with van der Waals surface area (Å²) in [5.41, 5.74) is 4.07. The summed E-state index contributed by atoms with van der Waals surface area (Å²) in [6, 6.07) is 15.7. The van der Waals surface area contributed by atoms with Gasteiger partial charge < -0.3 is 14.5 Å². The highest BCUT2D eigenvalue weighted by Gasteiger charge is 2.12. The molecular weight excluding hydrogens is 372 g/mol. The number of carbonyl (C=O) groups excluding carboxylic acids is 1. The number of nitrogens with one attached hydrogen (secondary N) is 1. The number of nitrogens with zero attached hydrogens (tertiary/aromatic N) is 1. The second-order valence-electron chi connectivity index (χ2n) is 6.51. The zero-order valence-corrected chi connectivity index (χ0v) is 17.1. The zero-order chi connectivity index (χ0) is 19.9. The topological polar surface area (TPSA) is 64.4 Å². The molecular formula is C22H24N2O3S. The summed E-state index contributed by atoms with van der Waals surface area (Å²) >= 11 is 1.53. The Balaban J connectivity index is 1.48. The van der Waals surface area contributed by atoms with Crippen LogP contribution >= 0.6 is 11.8 Å². The summed E-state index contributed by atoms with van der Waals surface area (Å²) in [7, 11) is 1.64. The summed E-state index contributed by atoms with van der Waals surface area (Å²) in [6.07, 6.45) is 0. The highest BCUT2D eigenvalue weighted by atomic mass is 32.2. The van der Waals surface area contributed by atoms with Crippen LogP contribution in [0, 0.1) is 13.8 Å². The lowest BCUT2D eigenvalue weighted by Crippen LogP contribution is -2.24. The van der Waals surface area contributed by atoms with Crippen molar-refractivity contribution in [2.75, 3.05) is 12.9 Å². The number of hydrogen-bond acceptors (Lipinski definition) is 5. The Hall–Kier alpha value is -2.73. The van der Waals surface area contributed by atoms with E-state index in [0.717, 1.165) is 28.3 Å². The number of hydrogen-bond donors (Lipinski definition) is 1. The first-order valence-electron chi connectivity index (χ1n) is 9.06. The van der Waals surface area contributed by atoms with E-state index in [1.807, 2.05) is 62.4 Å². The molecule has 0 bridgehead atoms. The first-order valence-corrected chi connectivity index (χ1v) is 10.2. The molecule has 28 heavy (non-hydrogen) atoms. The molecule has 3 rings (SSSR count). The smallest absolute Gasteiger partial charge is 0.230 e. The molecule has 0 radical (unpaired) electrons. The average Bonchev–Trinajstić information content (AvgIpc) is 3.08. The molecule has 0 fully saturated rings. The van der Waals surface area contributed by atoms with Gasteiger partial charge >= 0.3 is 0 Å². The number of benzene rings is 2. The SMILES string of the molecule is COc1ccc(-c2nc(CSCC(=O)NCc3ccc(C)cc3)c(C)o2)cc1. The molecule has 0 spiro atoms. The summed E-state index contributed by atoms with van der Waals surface area (Å²) in [6.45, 7) is 4.49. The molecule has 0 aliphatic heterocycles. The molecule has 2 aromatic carbocycles. The van der Waals surface area contributed by atoms with Crippen molar-refractivity contribution in [1.29, 1.82) is 0 Å². The highest BCUT2D eigenvalue weighted by molar-refractivity contribution is 7.99. The zero-order valence-electron chi connectivity index (χ0n) is 16.3. The summed E-state index contributed by atoms with van der Waals surface area (Å²) in [5.74, 6) is 3.18. The van der Waals surface area contributed by atoms with Crippen LogP contribution in [-0.4, -0.2) is 23.8 Å². The first kappa shape index (κ1) is 20.0. The molecule has 1 amide bonds. The summed E-state index contributed by atoms with van der Waals surface area (Å²) < 4.78 is 11.0. The molecule has 0 aliphatic rings. The van der Waals surface area contributed by atoms with Gasteiger partial charge in [0, 0.05) is 17.9 Å². The third kappa shape index (κ3) is 5.39. The molecule has 5 nitrogen and oxygen atoms in total. The maximum atomic E-state index is 12.1. The van der Waals surface area contributed by atoms with Gasteiger partial charge in [-0.3, -0.25) is 4.79 Å². The van der Waals surface area contributed by atoms with Crippen LogP contribution in [-0.2, 0) is 17.1 Å². The van der Waals surface area contributed by atoms with Crippen LogP contribution < -0.4 is 10.1 Å². The van der Waals surface area contributed by atoms with Gasteiger partial charge in [-0.15, -0.1) is 11.8 Å². The van der Waals surface area contributed by atoms with Gasteiger partial charge in [0.15, 0.2) is 0 Å². The Bertz CT molecular complexity index is 918. The lowest BCUT2D eigenvalue weighted by atomic mass is 10.1. The number of carbonyl (C=O) groups is 1. The van der Waals surface area contributed by atoms with Gasteiger partial charge in [-0.05, 0) is 43.7 Å². The van der Waals surface area contributed by atoms with E-state index < -0.39 is 0 Å². The van der Waals surface area contributed by atoms with Gasteiger partial charge in [0.2, 0.25) is 11.8 Å². The molecule has 1 aromatic heterocycles. The van der Waals surface area contributed by atoms with Crippen molar-refractivity contribution < 1.29 is 13.9 Å². The fourth-order valence-electron chi connectivity index (χ4n) is 2.62. The van der Waals surface area contributed by atoms with Crippen LogP contribution in [0.25, 0.3) is 11.5 Å². The van der Waals surface area contributed by atoms with E-state index in [4.69, 9.17) is 9.15 Å². The third-order valence-corrected chi connectivity index (χ3v) is 5.26. The van der Waals surface area contributed by atoms with Crippen LogP contribution in [0.1, 0.15) is 22.6 Å². The Labute approximate surface area is 169 Å². The number of oxazole rings is 1. The van der Waals surface area contributed by atoms with Gasteiger partial charge in [0.25, 0.3) is 0 Å². The van der Waals surface area contributed by atoms with Gasteiger partial charge in [0.1, 0.15) is 11.5 Å². The van der Waals surface area contributed by atoms with Crippen molar-refractivity contribution in [2.24, 2.45) is 0 Å². The maximum absolute atomic E-state index is 12.1. The molecule has 1 N–H and O–H groups in total. The Morgan fingerprint density at radius 2 is 1.82 bits per heavy atom. The van der Waals surface area contributed by atoms with Gasteiger partial charge in [-0.2, -0.15) is 0 Å². The minimum absolute atomic E-state index is 0.0158. The molecule has 0 saturated heterocycles. The number of rotatable bonds is 8. The normalized spacial score (nSPS) is 10.7. The standard InChI is InChI=1S/C22H24N2O3S/c1-15-4-6-17(7-5-15)12-23-21(25)14-28-13-20-16(2)27-22(24-20)18-8-10-19(26-3)11-9-18/h4-11H,12-14H2,1-3H3,(H,23,25). The number of methoxy groups -OCH3 is 1. The number of ether oxygens (including phenoxy) is 1. The summed E-state index contributed by atoms with van der Waals surface area (Å²) in [4.78, 5) is 16.6. The largest absolute Gasteiger partial charge is 0.497 e. The Kier molecular flexibility index (Phi) is 6.76. The van der Waals surface area contributed by atoms with Crippen molar-refractivity contribution in [2.45, 2.75) is 26.1 Å². The molecule has 1 heterocycles. The lowest BCUT2D eigenvalue weighted by Gasteiger charge is -2.05. The van der Waals surface area contributed by atoms with E-state index in [0.29, 0.717) is 23.9 Å². The fraction of sp³-hybridized carbons (Fsp3) is 0.273. The predicted octanol–water partition coefficient (Wildman–Crippen LogP) is 4.52. The quantitative estimate of drug-likeness (QED) is 0.607. The van der Waals surface area contributed by atoms with Crippen molar-refractivity contribution in [1.82, 2.24) is 10.3 Å². The minimum atomic E-state index is 0.0158. The van der Waals surface area contributed by atoms with Crippen molar-refractivity contribution in [3.05, 3.63) is 71.1 Å². The van der Waals surface area contributed by atoms with Gasteiger partial charge in [0.05, 0.1) is 18.6 Å². The van der Waals surface area contributed by atoms with E-state index in [2.05, 4.69) is 10.3 Å². The number of aryl methyl sites for hydroxylation is 2. The predicted molar refractivity (Wildman–Crippen MR) is 112 cm³/mol. The molecule has 0 aliphatic carbocycles. The third-order valence-electron chi connectivity index (χ3n) is 4.31. The average molecular weight is 397 g/mol. The second kappa shape index (κ2) is 9.46. The Morgan fingerprint density at radius 3 is 2.50 bits per heavy atom. The van der Waals surface area contributed by atoms with E-state index in [1.54, 1.807) is 7.11 Å². The Morgan fingerprint density at radius 1 is 1.11 bits per heavy atom. The molecule has 3 aromatic rings. The van der Waals surface area contributed by atoms with Crippen LogP contribution in [0.15, 0.2) is 52.9 Å². The van der Waals surface area contributed by atoms with Gasteiger partial charge in [-0.1, -0.05) is 29.8 Å². The maximum Gasteiger partial charge on any atom is 0.230 e. The van der Waals surface area contributed by atoms with E-state index in [-0.39, 0.29) is 5.91 Å². The first-order chi connectivity index (χ1) is 13.5. The van der Waals surface area contributed by atoms with Crippen LogP contribution in [0.2, 0.25) is 0 Å². The number of aromatic nitrogens is 1. The van der Waals surface area contributed by atoms with Gasteiger partial charge in [-0.25, -0.2) is 4.98 Å². The van der Waals surface area contributed by atoms with E-state index in [9.17, 15) is 4.79 Å². The highest BCUT2D eigenvalue weighted by Crippen LogP contribution is 2.25. The van der Waals surface area contributed by atoms with Crippen LogP contribution in [0.4, 0.5) is 0 Å². The fourth-order valence-corrected chi connectivity index (χ4v) is 3.47. The van der Waals surface area contributed by atoms with Crippen molar-refractivity contribution in [3.8, 4) is 17.2 Å². The number of thioether (sulfide) groups is 1. The summed E-state index contributed by atoms with van der Waals surface area (Å²) in [5, 5.41) is 2.95. The molecule has 0 atom stereocenters. The number of amides is 1. The van der Waals surface area contributed by atoms with Crippen LogP contribution in [0.5, 0.6) is 5.75 Å². The van der Waals surface area contributed by atoms with Crippen molar-refractivity contribution in [3.63, 3.8) is 0 Å². The van der Waals surface area contributed by atoms with E-state index in [1.165, 1.54) is 17.3 Å². The molecule has 0 unspecified atom stereocenters. The molecule has 6 heteroatoms. The van der Waals surface area contributed by atoms with Crippen molar-refractivity contribution >= 4 is 17.7 Å². The van der Waals surface area contributed by atoms with Crippen LogP contribution in [0.3, 0.4) is 0 Å². The second-order valence-corrected chi connectivity index (χ2v) is 7.49. The molecule has 0 saturated carbocycles. The van der Waals surface area contributed by atoms with E-state index >= 15 is 0 Å². The lowest BCUT2D eigenvalue weighted by molar-refractivity contribution is -0.118.